The molecule has 1 rings (SSSR count). The van der Waals surface area contributed by atoms with Gasteiger partial charge in [0.2, 0.25) is 0 Å². The molecule has 0 unspecified atom stereocenters. The predicted molar refractivity (Wildman–Crippen MR) is 41.5 cm³/mol. The molecule has 2 N–H and O–H groups in total. The van der Waals surface area contributed by atoms with Gasteiger partial charge in [-0.05, 0) is 18.7 Å². The molecule has 0 saturated heterocycles. The van der Waals surface area contributed by atoms with Gasteiger partial charge < -0.3 is 10.0 Å². The minimum absolute atomic E-state index is 0.521. The quantitative estimate of drug-likeness (QED) is 0.337. The molecular formula is C7H13BO2. The number of unbranched alkanes of at least 4 members (excludes halogenated alkanes) is 1. The molecule has 1 aliphatic rings. The third-order valence-electron chi connectivity index (χ3n) is 1.71. The van der Waals surface area contributed by atoms with Crippen molar-refractivity contribution in [2.24, 2.45) is 5.92 Å². The Balaban J connectivity index is 1.76. The Morgan fingerprint density at radius 3 is 2.40 bits per heavy atom. The highest BCUT2D eigenvalue weighted by Gasteiger charge is 2.11. The molecule has 0 radical (unpaired) electrons. The fourth-order valence-electron chi connectivity index (χ4n) is 0.978. The van der Waals surface area contributed by atoms with Crippen molar-refractivity contribution in [3.05, 3.63) is 12.2 Å². The predicted octanol–water partition coefficient (Wildman–Crippen LogP) is 0.815. The number of hydrogen-bond donors (Lipinski definition) is 2. The normalized spacial score (nSPS) is 15.8. The highest BCUT2D eigenvalue weighted by atomic mass is 16.4. The molecule has 0 bridgehead atoms. The van der Waals surface area contributed by atoms with E-state index < -0.39 is 7.12 Å². The molecule has 1 aliphatic carbocycles. The van der Waals surface area contributed by atoms with Gasteiger partial charge in [-0.1, -0.05) is 25.0 Å². The fourth-order valence-corrected chi connectivity index (χ4v) is 0.978. The molecule has 2 nitrogen and oxygen atoms in total. The van der Waals surface area contributed by atoms with E-state index in [-0.39, 0.29) is 0 Å². The summed E-state index contributed by atoms with van der Waals surface area (Å²) in [6.07, 6.45) is 8.09. The van der Waals surface area contributed by atoms with E-state index in [0.717, 1.165) is 18.8 Å². The zero-order valence-corrected chi connectivity index (χ0v) is 6.03. The van der Waals surface area contributed by atoms with Crippen molar-refractivity contribution in [2.75, 3.05) is 0 Å². The monoisotopic (exact) mass is 140 g/mol. The van der Waals surface area contributed by atoms with E-state index in [9.17, 15) is 0 Å². The Morgan fingerprint density at radius 1 is 1.20 bits per heavy atom. The first-order valence-electron chi connectivity index (χ1n) is 3.83. The molecule has 0 aliphatic heterocycles. The maximum Gasteiger partial charge on any atom is 0.451 e. The summed E-state index contributed by atoms with van der Waals surface area (Å²) in [7, 11) is -1.10. The summed E-state index contributed by atoms with van der Waals surface area (Å²) in [5, 5.41) is 16.9. The van der Waals surface area contributed by atoms with Crippen LogP contribution in [0.2, 0.25) is 6.32 Å². The van der Waals surface area contributed by atoms with E-state index in [1.165, 1.54) is 6.42 Å². The van der Waals surface area contributed by atoms with Gasteiger partial charge in [-0.15, -0.1) is 0 Å². The molecule has 3 heteroatoms. The second-order valence-electron chi connectivity index (χ2n) is 2.81. The molecule has 0 heterocycles. The van der Waals surface area contributed by atoms with Crippen molar-refractivity contribution < 1.29 is 10.0 Å². The Labute approximate surface area is 61.7 Å². The lowest BCUT2D eigenvalue weighted by Crippen LogP contribution is -2.09. The van der Waals surface area contributed by atoms with E-state index in [1.54, 1.807) is 0 Å². The Kier molecular flexibility index (Phi) is 2.96. The summed E-state index contributed by atoms with van der Waals surface area (Å²) in [5.41, 5.74) is 0. The smallest absolute Gasteiger partial charge is 0.427 e. The average Bonchev–Trinajstić information content (AvgIpc) is 2.62. The van der Waals surface area contributed by atoms with Crippen LogP contribution in [0.4, 0.5) is 0 Å². The number of rotatable bonds is 5. The van der Waals surface area contributed by atoms with Crippen molar-refractivity contribution in [3.63, 3.8) is 0 Å². The average molecular weight is 140 g/mol. The first-order chi connectivity index (χ1) is 4.79. The molecule has 0 atom stereocenters. The summed E-state index contributed by atoms with van der Waals surface area (Å²) < 4.78 is 0. The third kappa shape index (κ3) is 3.69. The summed E-state index contributed by atoms with van der Waals surface area (Å²) in [6.45, 7) is 0. The van der Waals surface area contributed by atoms with E-state index in [2.05, 4.69) is 12.2 Å². The van der Waals surface area contributed by atoms with Crippen LogP contribution in [0.25, 0.3) is 0 Å². The second kappa shape index (κ2) is 3.79. The second-order valence-corrected chi connectivity index (χ2v) is 2.81. The summed E-state index contributed by atoms with van der Waals surface area (Å²) in [5.74, 6) is 0.732. The van der Waals surface area contributed by atoms with Crippen LogP contribution in [0.1, 0.15) is 19.3 Å². The third-order valence-corrected chi connectivity index (χ3v) is 1.71. The molecule has 0 amide bonds. The first kappa shape index (κ1) is 7.83. The molecule has 0 spiro atoms. The lowest BCUT2D eigenvalue weighted by Gasteiger charge is -1.97. The highest BCUT2D eigenvalue weighted by molar-refractivity contribution is 6.40. The molecule has 0 aromatic heterocycles. The largest absolute Gasteiger partial charge is 0.451 e. The molecule has 0 aromatic carbocycles. The van der Waals surface area contributed by atoms with Crippen LogP contribution in [-0.4, -0.2) is 17.2 Å². The summed E-state index contributed by atoms with van der Waals surface area (Å²) in [6, 6.07) is 0. The van der Waals surface area contributed by atoms with Crippen LogP contribution in [0.15, 0.2) is 12.2 Å². The van der Waals surface area contributed by atoms with E-state index in [0.29, 0.717) is 6.32 Å². The van der Waals surface area contributed by atoms with Gasteiger partial charge in [0.25, 0.3) is 0 Å². The van der Waals surface area contributed by atoms with E-state index in [1.807, 2.05) is 0 Å². The summed E-state index contributed by atoms with van der Waals surface area (Å²) in [4.78, 5) is 0. The maximum atomic E-state index is 8.47. The van der Waals surface area contributed by atoms with Gasteiger partial charge in [-0.25, -0.2) is 0 Å². The minimum atomic E-state index is -1.10. The highest BCUT2D eigenvalue weighted by Crippen LogP contribution is 2.22. The minimum Gasteiger partial charge on any atom is -0.427 e. The van der Waals surface area contributed by atoms with Gasteiger partial charge in [0.05, 0.1) is 0 Å². The summed E-state index contributed by atoms with van der Waals surface area (Å²) >= 11 is 0. The van der Waals surface area contributed by atoms with Gasteiger partial charge in [0, 0.05) is 0 Å². The van der Waals surface area contributed by atoms with Crippen molar-refractivity contribution in [1.29, 1.82) is 0 Å². The lowest BCUT2D eigenvalue weighted by atomic mass is 9.83. The molecule has 0 fully saturated rings. The van der Waals surface area contributed by atoms with Crippen LogP contribution in [-0.2, 0) is 0 Å². The van der Waals surface area contributed by atoms with Crippen LogP contribution >= 0.6 is 0 Å². The van der Waals surface area contributed by atoms with E-state index >= 15 is 0 Å². The topological polar surface area (TPSA) is 40.5 Å². The Bertz CT molecular complexity index is 113. The molecule has 56 valence electrons. The molecule has 0 aromatic rings. The molecule has 0 saturated carbocycles. The Morgan fingerprint density at radius 2 is 1.90 bits per heavy atom. The van der Waals surface area contributed by atoms with Crippen LogP contribution in [0, 0.1) is 5.92 Å². The molecular weight excluding hydrogens is 127 g/mol. The van der Waals surface area contributed by atoms with Crippen LogP contribution < -0.4 is 0 Å². The maximum absolute atomic E-state index is 8.47. The first-order valence-corrected chi connectivity index (χ1v) is 3.83. The van der Waals surface area contributed by atoms with Crippen molar-refractivity contribution in [3.8, 4) is 0 Å². The van der Waals surface area contributed by atoms with Crippen molar-refractivity contribution in [1.82, 2.24) is 0 Å². The van der Waals surface area contributed by atoms with Gasteiger partial charge >= 0.3 is 7.12 Å². The zero-order chi connectivity index (χ0) is 7.40. The number of allylic oxidation sites excluding steroid dienone is 2. The fraction of sp³-hybridized carbons (Fsp3) is 0.714. The zero-order valence-electron chi connectivity index (χ0n) is 6.03. The van der Waals surface area contributed by atoms with Gasteiger partial charge in [0.15, 0.2) is 0 Å². The van der Waals surface area contributed by atoms with Crippen molar-refractivity contribution >= 4 is 7.12 Å². The van der Waals surface area contributed by atoms with Gasteiger partial charge in [0.1, 0.15) is 0 Å². The van der Waals surface area contributed by atoms with Crippen molar-refractivity contribution in [2.45, 2.75) is 25.6 Å². The van der Waals surface area contributed by atoms with E-state index in [4.69, 9.17) is 10.0 Å². The van der Waals surface area contributed by atoms with Gasteiger partial charge in [-0.3, -0.25) is 0 Å². The lowest BCUT2D eigenvalue weighted by molar-refractivity contribution is 0.401. The molecule has 10 heavy (non-hydrogen) atoms. The van der Waals surface area contributed by atoms with Crippen LogP contribution in [0.3, 0.4) is 0 Å². The SMILES string of the molecule is OB(O)CCCCC1C=C1. The Hall–Kier alpha value is -0.275. The number of hydrogen-bond acceptors (Lipinski definition) is 2. The van der Waals surface area contributed by atoms with Crippen LogP contribution in [0.5, 0.6) is 0 Å². The standard InChI is InChI=1S/C7H13BO2/c9-8(10)6-2-1-3-7-4-5-7/h4-5,7,9-10H,1-3,6H2. The van der Waals surface area contributed by atoms with Gasteiger partial charge in [-0.2, -0.15) is 0 Å².